The van der Waals surface area contributed by atoms with Gasteiger partial charge < -0.3 is 10.1 Å². The van der Waals surface area contributed by atoms with Crippen LogP contribution in [0.1, 0.15) is 31.4 Å². The number of amides is 1. The molecule has 3 rings (SSSR count). The number of hydrogen-bond acceptors (Lipinski definition) is 4. The third kappa shape index (κ3) is 4.06. The van der Waals surface area contributed by atoms with Gasteiger partial charge in [-0.1, -0.05) is 30.4 Å². The smallest absolute Gasteiger partial charge is 0.308 e. The Labute approximate surface area is 162 Å². The van der Waals surface area contributed by atoms with Gasteiger partial charge in [-0.3, -0.25) is 14.2 Å². The molecule has 0 unspecified atom stereocenters. The number of carbonyl (C=O) groups excluding carboxylic acids is 1. The third-order valence-electron chi connectivity index (χ3n) is 4.53. The second-order valence-electron chi connectivity index (χ2n) is 6.57. The second kappa shape index (κ2) is 7.96. The maximum absolute atomic E-state index is 12.7. The van der Waals surface area contributed by atoms with E-state index in [9.17, 15) is 9.59 Å². The fourth-order valence-corrected chi connectivity index (χ4v) is 3.97. The highest BCUT2D eigenvalue weighted by Gasteiger charge is 2.20. The number of thiazole rings is 1. The van der Waals surface area contributed by atoms with Crippen molar-refractivity contribution < 1.29 is 9.53 Å². The van der Waals surface area contributed by atoms with Crippen LogP contribution in [-0.2, 0) is 11.3 Å². The SMILES string of the molecule is CC[C@@H](Oc1cc(C)ccc1C)C(=O)Nc1ccc2c(c1)sc(=O)n2CC. The molecule has 1 amide bonds. The summed E-state index contributed by atoms with van der Waals surface area (Å²) >= 11 is 1.19. The standard InChI is InChI=1S/C21H24N2O3S/c1-5-17(26-18-11-13(3)7-8-14(18)4)20(24)22-15-9-10-16-19(12-15)27-21(25)23(16)6-2/h7-12,17H,5-6H2,1-4H3,(H,22,24)/t17-/m1/s1. The molecule has 0 bridgehead atoms. The average Bonchev–Trinajstić information content (AvgIpc) is 2.96. The highest BCUT2D eigenvalue weighted by atomic mass is 32.1. The Hall–Kier alpha value is -2.60. The van der Waals surface area contributed by atoms with E-state index in [1.165, 1.54) is 11.3 Å². The van der Waals surface area contributed by atoms with Crippen molar-refractivity contribution in [2.45, 2.75) is 46.8 Å². The molecule has 6 heteroatoms. The summed E-state index contributed by atoms with van der Waals surface area (Å²) < 4.78 is 8.56. The predicted molar refractivity (Wildman–Crippen MR) is 111 cm³/mol. The van der Waals surface area contributed by atoms with Crippen LogP contribution in [0, 0.1) is 13.8 Å². The van der Waals surface area contributed by atoms with E-state index in [1.807, 2.05) is 64.1 Å². The van der Waals surface area contributed by atoms with Gasteiger partial charge in [0.05, 0.1) is 10.2 Å². The lowest BCUT2D eigenvalue weighted by Gasteiger charge is -2.19. The summed E-state index contributed by atoms with van der Waals surface area (Å²) in [5.41, 5.74) is 3.65. The van der Waals surface area contributed by atoms with E-state index in [1.54, 1.807) is 4.57 Å². The van der Waals surface area contributed by atoms with Crippen LogP contribution in [-0.4, -0.2) is 16.6 Å². The monoisotopic (exact) mass is 384 g/mol. The molecule has 0 aliphatic rings. The number of nitrogens with one attached hydrogen (secondary N) is 1. The maximum atomic E-state index is 12.7. The van der Waals surface area contributed by atoms with E-state index < -0.39 is 6.10 Å². The van der Waals surface area contributed by atoms with Crippen molar-refractivity contribution in [1.82, 2.24) is 4.57 Å². The first-order valence-electron chi connectivity index (χ1n) is 9.11. The number of aryl methyl sites for hydroxylation is 3. The van der Waals surface area contributed by atoms with Gasteiger partial charge in [0, 0.05) is 12.2 Å². The molecular formula is C21H24N2O3S. The van der Waals surface area contributed by atoms with Crippen molar-refractivity contribution >= 4 is 33.1 Å². The highest BCUT2D eigenvalue weighted by Crippen LogP contribution is 2.24. The van der Waals surface area contributed by atoms with Crippen LogP contribution in [0.5, 0.6) is 5.75 Å². The van der Waals surface area contributed by atoms with E-state index in [2.05, 4.69) is 5.32 Å². The van der Waals surface area contributed by atoms with Gasteiger partial charge in [0.1, 0.15) is 5.75 Å². The molecule has 0 fully saturated rings. The molecule has 0 spiro atoms. The lowest BCUT2D eigenvalue weighted by atomic mass is 10.1. The van der Waals surface area contributed by atoms with Crippen LogP contribution >= 0.6 is 11.3 Å². The molecule has 142 valence electrons. The summed E-state index contributed by atoms with van der Waals surface area (Å²) in [5.74, 6) is 0.533. The van der Waals surface area contributed by atoms with Crippen molar-refractivity contribution in [3.8, 4) is 5.75 Å². The first-order valence-corrected chi connectivity index (χ1v) is 9.92. The number of ether oxygens (including phenoxy) is 1. The molecule has 0 aliphatic heterocycles. The Bertz CT molecular complexity index is 1040. The average molecular weight is 385 g/mol. The van der Waals surface area contributed by atoms with E-state index in [0.717, 1.165) is 27.1 Å². The summed E-state index contributed by atoms with van der Waals surface area (Å²) in [6.45, 7) is 8.46. The van der Waals surface area contributed by atoms with Gasteiger partial charge in [-0.15, -0.1) is 0 Å². The number of benzene rings is 2. The number of fused-ring (bicyclic) bond motifs is 1. The molecule has 0 saturated carbocycles. The van der Waals surface area contributed by atoms with E-state index in [0.29, 0.717) is 18.7 Å². The fourth-order valence-electron chi connectivity index (χ4n) is 2.98. The minimum atomic E-state index is -0.583. The minimum Gasteiger partial charge on any atom is -0.480 e. The Balaban J connectivity index is 1.79. The summed E-state index contributed by atoms with van der Waals surface area (Å²) in [6, 6.07) is 11.5. The van der Waals surface area contributed by atoms with Gasteiger partial charge in [0.25, 0.3) is 5.91 Å². The Morgan fingerprint density at radius 2 is 1.96 bits per heavy atom. The topological polar surface area (TPSA) is 60.3 Å². The highest BCUT2D eigenvalue weighted by molar-refractivity contribution is 7.16. The number of aromatic nitrogens is 1. The molecule has 1 N–H and O–H groups in total. The van der Waals surface area contributed by atoms with Crippen LogP contribution in [0.3, 0.4) is 0 Å². The summed E-state index contributed by atoms with van der Waals surface area (Å²) in [6.07, 6.45) is -0.0266. The van der Waals surface area contributed by atoms with Crippen LogP contribution < -0.4 is 14.9 Å². The third-order valence-corrected chi connectivity index (χ3v) is 5.47. The van der Waals surface area contributed by atoms with Gasteiger partial charge in [0.15, 0.2) is 6.10 Å². The van der Waals surface area contributed by atoms with E-state index >= 15 is 0 Å². The number of rotatable bonds is 6. The largest absolute Gasteiger partial charge is 0.480 e. The molecule has 0 aliphatic carbocycles. The van der Waals surface area contributed by atoms with Gasteiger partial charge in [-0.05, 0) is 62.6 Å². The quantitative estimate of drug-likeness (QED) is 0.681. The van der Waals surface area contributed by atoms with Crippen LogP contribution in [0.2, 0.25) is 0 Å². The van der Waals surface area contributed by atoms with Crippen molar-refractivity contribution in [2.24, 2.45) is 0 Å². The van der Waals surface area contributed by atoms with Crippen molar-refractivity contribution in [1.29, 1.82) is 0 Å². The number of carbonyl (C=O) groups is 1. The van der Waals surface area contributed by atoms with Crippen molar-refractivity contribution in [3.05, 3.63) is 57.2 Å². The van der Waals surface area contributed by atoms with Gasteiger partial charge >= 0.3 is 4.87 Å². The zero-order valence-electron chi connectivity index (χ0n) is 16.0. The summed E-state index contributed by atoms with van der Waals surface area (Å²) in [5, 5.41) is 2.92. The summed E-state index contributed by atoms with van der Waals surface area (Å²) in [4.78, 5) is 24.7. The Morgan fingerprint density at radius 1 is 1.19 bits per heavy atom. The molecule has 1 heterocycles. The molecule has 0 saturated heterocycles. The fraction of sp³-hybridized carbons (Fsp3) is 0.333. The lowest BCUT2D eigenvalue weighted by molar-refractivity contribution is -0.122. The normalized spacial score (nSPS) is 12.1. The van der Waals surface area contributed by atoms with Crippen molar-refractivity contribution in [3.63, 3.8) is 0 Å². The molecule has 27 heavy (non-hydrogen) atoms. The maximum Gasteiger partial charge on any atom is 0.308 e. The number of hydrogen-bond donors (Lipinski definition) is 1. The number of anilines is 1. The Kier molecular flexibility index (Phi) is 5.65. The van der Waals surface area contributed by atoms with Gasteiger partial charge in [0.2, 0.25) is 0 Å². The Morgan fingerprint density at radius 3 is 2.67 bits per heavy atom. The van der Waals surface area contributed by atoms with Gasteiger partial charge in [-0.25, -0.2) is 0 Å². The van der Waals surface area contributed by atoms with Gasteiger partial charge in [-0.2, -0.15) is 0 Å². The molecule has 1 atom stereocenters. The minimum absolute atomic E-state index is 0.0145. The van der Waals surface area contributed by atoms with E-state index in [-0.39, 0.29) is 10.8 Å². The molecule has 0 radical (unpaired) electrons. The first kappa shape index (κ1) is 19.2. The van der Waals surface area contributed by atoms with Crippen molar-refractivity contribution in [2.75, 3.05) is 5.32 Å². The zero-order valence-corrected chi connectivity index (χ0v) is 16.9. The molecular weight excluding hydrogens is 360 g/mol. The predicted octanol–water partition coefficient (Wildman–Crippen LogP) is 4.50. The zero-order chi connectivity index (χ0) is 19.6. The van der Waals surface area contributed by atoms with Crippen LogP contribution in [0.4, 0.5) is 5.69 Å². The lowest BCUT2D eigenvalue weighted by Crippen LogP contribution is -2.32. The molecule has 2 aromatic carbocycles. The molecule has 3 aromatic rings. The molecule has 1 aromatic heterocycles. The number of nitrogens with zero attached hydrogens (tertiary/aromatic N) is 1. The second-order valence-corrected chi connectivity index (χ2v) is 7.56. The first-order chi connectivity index (χ1) is 12.9. The van der Waals surface area contributed by atoms with Crippen LogP contribution in [0.15, 0.2) is 41.2 Å². The molecule has 5 nitrogen and oxygen atoms in total. The van der Waals surface area contributed by atoms with E-state index in [4.69, 9.17) is 4.74 Å². The summed E-state index contributed by atoms with van der Waals surface area (Å²) in [7, 11) is 0. The van der Waals surface area contributed by atoms with Crippen LogP contribution in [0.25, 0.3) is 10.2 Å².